The number of methoxy groups -OCH3 is 1. The summed E-state index contributed by atoms with van der Waals surface area (Å²) in [7, 11) is -2.81. The van der Waals surface area contributed by atoms with Crippen molar-refractivity contribution < 1.29 is 22.7 Å². The number of esters is 1. The molecular weight excluding hydrogens is 378 g/mol. The first kappa shape index (κ1) is 19.4. The van der Waals surface area contributed by atoms with E-state index in [1.54, 1.807) is 55.5 Å². The van der Waals surface area contributed by atoms with Crippen LogP contribution in [0, 0.1) is 6.92 Å². The Balaban J connectivity index is 1.91. The lowest BCUT2D eigenvalue weighted by molar-refractivity contribution is 0.0595. The molecule has 3 aromatic rings. The molecule has 7 heteroatoms. The van der Waals surface area contributed by atoms with Crippen LogP contribution in [0.1, 0.15) is 15.9 Å². The highest BCUT2D eigenvalue weighted by Crippen LogP contribution is 2.27. The van der Waals surface area contributed by atoms with E-state index in [9.17, 15) is 13.2 Å². The number of carbonyl (C=O) groups is 1. The number of sulfonamides is 1. The number of nitrogens with one attached hydrogen (secondary N) is 1. The van der Waals surface area contributed by atoms with Gasteiger partial charge in [-0.2, -0.15) is 0 Å². The van der Waals surface area contributed by atoms with Crippen LogP contribution < -0.4 is 9.46 Å². The fraction of sp³-hybridized carbons (Fsp3) is 0.0952. The van der Waals surface area contributed by atoms with Crippen LogP contribution in [0.15, 0.2) is 77.7 Å². The van der Waals surface area contributed by atoms with Gasteiger partial charge in [0.2, 0.25) is 0 Å². The van der Waals surface area contributed by atoms with Gasteiger partial charge in [-0.15, -0.1) is 0 Å². The Kier molecular flexibility index (Phi) is 5.65. The van der Waals surface area contributed by atoms with E-state index in [1.165, 1.54) is 13.2 Å². The molecule has 0 fully saturated rings. The molecule has 0 unspecified atom stereocenters. The summed E-state index contributed by atoms with van der Waals surface area (Å²) in [5.41, 5.74) is 0.829. The highest BCUT2D eigenvalue weighted by atomic mass is 32.2. The van der Waals surface area contributed by atoms with Crippen LogP contribution >= 0.6 is 0 Å². The van der Waals surface area contributed by atoms with E-state index >= 15 is 0 Å². The first-order valence-electron chi connectivity index (χ1n) is 8.44. The van der Waals surface area contributed by atoms with Crippen molar-refractivity contribution >= 4 is 21.7 Å². The zero-order valence-corrected chi connectivity index (χ0v) is 16.2. The van der Waals surface area contributed by atoms with Crippen LogP contribution in [0.3, 0.4) is 0 Å². The van der Waals surface area contributed by atoms with Crippen molar-refractivity contribution in [1.29, 1.82) is 0 Å². The van der Waals surface area contributed by atoms with Crippen molar-refractivity contribution in [2.45, 2.75) is 11.8 Å². The average molecular weight is 397 g/mol. The van der Waals surface area contributed by atoms with Gasteiger partial charge in [0.15, 0.2) is 0 Å². The Bertz CT molecular complexity index is 1090. The summed E-state index contributed by atoms with van der Waals surface area (Å²) < 4.78 is 38.8. The lowest BCUT2D eigenvalue weighted by atomic mass is 10.1. The Labute approximate surface area is 163 Å². The lowest BCUT2D eigenvalue weighted by Gasteiger charge is -2.14. The molecule has 0 atom stereocenters. The molecule has 6 nitrogen and oxygen atoms in total. The predicted octanol–water partition coefficient (Wildman–Crippen LogP) is 4.37. The molecule has 0 spiro atoms. The predicted molar refractivity (Wildman–Crippen MR) is 106 cm³/mol. The van der Waals surface area contributed by atoms with Gasteiger partial charge in [-0.3, -0.25) is 4.72 Å². The standard InChI is InChI=1S/C21H19NO5S/c1-15-8-6-13-19(20(15)21(23)26-2)28(24,25)22-16-9-7-12-18(14-16)27-17-10-4-3-5-11-17/h3-14,22H,1-2H3. The summed E-state index contributed by atoms with van der Waals surface area (Å²) in [5, 5.41) is 0. The third kappa shape index (κ3) is 4.32. The molecule has 3 rings (SSSR count). The summed E-state index contributed by atoms with van der Waals surface area (Å²) in [6.45, 7) is 1.65. The Hall–Kier alpha value is -3.32. The Morgan fingerprint density at radius 3 is 2.29 bits per heavy atom. The highest BCUT2D eigenvalue weighted by molar-refractivity contribution is 7.92. The maximum atomic E-state index is 12.9. The van der Waals surface area contributed by atoms with Gasteiger partial charge in [0.05, 0.1) is 18.4 Å². The van der Waals surface area contributed by atoms with Gasteiger partial charge >= 0.3 is 5.97 Å². The minimum absolute atomic E-state index is 0.00851. The molecule has 0 heterocycles. The molecule has 1 N–H and O–H groups in total. The number of benzene rings is 3. The molecule has 0 aromatic heterocycles. The average Bonchev–Trinajstić information content (AvgIpc) is 2.68. The van der Waals surface area contributed by atoms with Crippen molar-refractivity contribution in [2.24, 2.45) is 0 Å². The third-order valence-corrected chi connectivity index (χ3v) is 5.40. The van der Waals surface area contributed by atoms with Gasteiger partial charge in [-0.05, 0) is 42.8 Å². The molecule has 0 aliphatic carbocycles. The molecule has 0 saturated carbocycles. The minimum Gasteiger partial charge on any atom is -0.465 e. The van der Waals surface area contributed by atoms with E-state index in [0.29, 0.717) is 22.7 Å². The van der Waals surface area contributed by atoms with Gasteiger partial charge in [0, 0.05) is 6.07 Å². The van der Waals surface area contributed by atoms with E-state index in [4.69, 9.17) is 9.47 Å². The molecule has 0 saturated heterocycles. The number of rotatable bonds is 6. The van der Waals surface area contributed by atoms with Crippen molar-refractivity contribution in [3.63, 3.8) is 0 Å². The van der Waals surface area contributed by atoms with Crippen LogP contribution in [0.4, 0.5) is 5.69 Å². The molecule has 0 amide bonds. The van der Waals surface area contributed by atoms with Gasteiger partial charge in [0.1, 0.15) is 16.4 Å². The van der Waals surface area contributed by atoms with Crippen molar-refractivity contribution in [3.8, 4) is 11.5 Å². The number of aryl methyl sites for hydroxylation is 1. The van der Waals surface area contributed by atoms with Crippen LogP contribution in [0.25, 0.3) is 0 Å². The minimum atomic E-state index is -4.02. The number of para-hydroxylation sites is 1. The van der Waals surface area contributed by atoms with E-state index < -0.39 is 16.0 Å². The summed E-state index contributed by atoms with van der Waals surface area (Å²) in [4.78, 5) is 11.9. The second kappa shape index (κ2) is 8.14. The van der Waals surface area contributed by atoms with Crippen molar-refractivity contribution in [3.05, 3.63) is 83.9 Å². The van der Waals surface area contributed by atoms with Gasteiger partial charge in [-0.1, -0.05) is 36.4 Å². The summed E-state index contributed by atoms with van der Waals surface area (Å²) >= 11 is 0. The maximum absolute atomic E-state index is 12.9. The Morgan fingerprint density at radius 1 is 0.893 bits per heavy atom. The largest absolute Gasteiger partial charge is 0.465 e. The molecule has 28 heavy (non-hydrogen) atoms. The molecule has 0 bridgehead atoms. The van der Waals surface area contributed by atoms with Crippen LogP contribution in [-0.2, 0) is 14.8 Å². The molecule has 0 aliphatic heterocycles. The normalized spacial score (nSPS) is 10.9. The first-order chi connectivity index (χ1) is 13.4. The number of hydrogen-bond donors (Lipinski definition) is 1. The number of hydrogen-bond acceptors (Lipinski definition) is 5. The summed E-state index contributed by atoms with van der Waals surface area (Å²) in [6.07, 6.45) is 0. The number of ether oxygens (including phenoxy) is 2. The third-order valence-electron chi connectivity index (χ3n) is 3.98. The molecule has 144 valence electrons. The van der Waals surface area contributed by atoms with Gasteiger partial charge < -0.3 is 9.47 Å². The second-order valence-corrected chi connectivity index (χ2v) is 7.64. The van der Waals surface area contributed by atoms with Crippen molar-refractivity contribution in [2.75, 3.05) is 11.8 Å². The SMILES string of the molecule is COC(=O)c1c(C)cccc1S(=O)(=O)Nc1cccc(Oc2ccccc2)c1. The molecule has 0 aliphatic rings. The molecule has 0 radical (unpaired) electrons. The fourth-order valence-corrected chi connectivity index (χ4v) is 4.00. The maximum Gasteiger partial charge on any atom is 0.339 e. The zero-order valence-electron chi connectivity index (χ0n) is 15.4. The monoisotopic (exact) mass is 397 g/mol. The van der Waals surface area contributed by atoms with Crippen molar-refractivity contribution in [1.82, 2.24) is 0 Å². The number of carbonyl (C=O) groups excluding carboxylic acids is 1. The smallest absolute Gasteiger partial charge is 0.339 e. The topological polar surface area (TPSA) is 81.7 Å². The summed E-state index contributed by atoms with van der Waals surface area (Å²) in [6, 6.07) is 20.3. The van der Waals surface area contributed by atoms with Crippen LogP contribution in [0.2, 0.25) is 0 Å². The number of anilines is 1. The molecular formula is C21H19NO5S. The van der Waals surface area contributed by atoms with Crippen LogP contribution in [0.5, 0.6) is 11.5 Å². The summed E-state index contributed by atoms with van der Waals surface area (Å²) in [5.74, 6) is 0.401. The van der Waals surface area contributed by atoms with E-state index in [1.807, 2.05) is 18.2 Å². The van der Waals surface area contributed by atoms with E-state index in [2.05, 4.69) is 4.72 Å². The van der Waals surface area contributed by atoms with Crippen LogP contribution in [-0.4, -0.2) is 21.5 Å². The van der Waals surface area contributed by atoms with E-state index in [-0.39, 0.29) is 10.5 Å². The van der Waals surface area contributed by atoms with Gasteiger partial charge in [0.25, 0.3) is 10.0 Å². The lowest BCUT2D eigenvalue weighted by Crippen LogP contribution is -2.18. The first-order valence-corrected chi connectivity index (χ1v) is 9.93. The zero-order chi connectivity index (χ0) is 20.1. The fourth-order valence-electron chi connectivity index (χ4n) is 2.69. The quantitative estimate of drug-likeness (QED) is 0.625. The highest BCUT2D eigenvalue weighted by Gasteiger charge is 2.24. The Morgan fingerprint density at radius 2 is 1.57 bits per heavy atom. The van der Waals surface area contributed by atoms with Gasteiger partial charge in [-0.25, -0.2) is 13.2 Å². The molecule has 3 aromatic carbocycles. The van der Waals surface area contributed by atoms with E-state index in [0.717, 1.165) is 0 Å². The second-order valence-electron chi connectivity index (χ2n) is 5.99.